The van der Waals surface area contributed by atoms with Crippen LogP contribution in [0.4, 0.5) is 0 Å². The van der Waals surface area contributed by atoms with Gasteiger partial charge in [-0.1, -0.05) is 31.7 Å². The number of rotatable bonds is 3. The largest absolute Gasteiger partial charge is 0.394 e. The third kappa shape index (κ3) is 1.58. The van der Waals surface area contributed by atoms with Crippen LogP contribution in [0.5, 0.6) is 0 Å². The summed E-state index contributed by atoms with van der Waals surface area (Å²) in [5.74, 6) is -0.0657. The predicted molar refractivity (Wildman–Crippen MR) is 67.4 cm³/mol. The minimum atomic E-state index is -0.576. The van der Waals surface area contributed by atoms with E-state index in [1.807, 2.05) is 32.0 Å². The van der Waals surface area contributed by atoms with Crippen molar-refractivity contribution in [1.29, 1.82) is 0 Å². The van der Waals surface area contributed by atoms with Crippen LogP contribution in [0.15, 0.2) is 30.8 Å². The number of nitrogens with zero attached hydrogens (tertiary/aromatic N) is 1. The molecule has 0 saturated heterocycles. The van der Waals surface area contributed by atoms with Gasteiger partial charge in [-0.25, -0.2) is 0 Å². The Morgan fingerprint density at radius 3 is 2.41 bits per heavy atom. The Kier molecular flexibility index (Phi) is 2.79. The first-order valence-electron chi connectivity index (χ1n) is 5.79. The highest BCUT2D eigenvalue weighted by Gasteiger charge is 2.41. The zero-order valence-electron chi connectivity index (χ0n) is 10.2. The maximum Gasteiger partial charge on any atom is 0.259 e. The van der Waals surface area contributed by atoms with Crippen LogP contribution in [-0.4, -0.2) is 28.1 Å². The Hall–Kier alpha value is -1.61. The van der Waals surface area contributed by atoms with Gasteiger partial charge in [0.2, 0.25) is 0 Å². The van der Waals surface area contributed by atoms with Crippen molar-refractivity contribution in [1.82, 2.24) is 4.90 Å². The maximum absolute atomic E-state index is 12.3. The monoisotopic (exact) mass is 231 g/mol. The minimum absolute atomic E-state index is 0.0657. The van der Waals surface area contributed by atoms with Crippen molar-refractivity contribution in [3.05, 3.63) is 42.0 Å². The number of benzene rings is 1. The molecule has 1 aromatic rings. The van der Waals surface area contributed by atoms with E-state index < -0.39 is 5.54 Å². The summed E-state index contributed by atoms with van der Waals surface area (Å²) in [6.07, 6.45) is 0.683. The Balaban J connectivity index is 2.50. The summed E-state index contributed by atoms with van der Waals surface area (Å²) < 4.78 is 0. The molecule has 3 heteroatoms. The summed E-state index contributed by atoms with van der Waals surface area (Å²) in [6.45, 7) is 7.75. The number of amides is 1. The van der Waals surface area contributed by atoms with E-state index >= 15 is 0 Å². The summed E-state index contributed by atoms with van der Waals surface area (Å²) in [5.41, 5.74) is 1.65. The molecule has 1 heterocycles. The minimum Gasteiger partial charge on any atom is -0.394 e. The molecule has 1 amide bonds. The maximum atomic E-state index is 12.3. The number of fused-ring (bicyclic) bond motifs is 1. The Labute approximate surface area is 101 Å². The molecule has 1 aliphatic heterocycles. The van der Waals surface area contributed by atoms with Crippen LogP contribution in [0.3, 0.4) is 0 Å². The van der Waals surface area contributed by atoms with Crippen molar-refractivity contribution in [2.24, 2.45) is 0 Å². The second kappa shape index (κ2) is 4.00. The molecule has 0 aromatic heterocycles. The van der Waals surface area contributed by atoms with Crippen LogP contribution < -0.4 is 0 Å². The third-order valence-corrected chi connectivity index (χ3v) is 3.58. The summed E-state index contributed by atoms with van der Waals surface area (Å²) in [7, 11) is 0. The van der Waals surface area contributed by atoms with E-state index in [1.165, 1.54) is 0 Å². The van der Waals surface area contributed by atoms with Crippen molar-refractivity contribution >= 4 is 11.6 Å². The molecule has 1 unspecified atom stereocenters. The van der Waals surface area contributed by atoms with Crippen LogP contribution in [0, 0.1) is 0 Å². The van der Waals surface area contributed by atoms with Crippen molar-refractivity contribution in [2.45, 2.75) is 25.8 Å². The molecule has 17 heavy (non-hydrogen) atoms. The van der Waals surface area contributed by atoms with E-state index in [0.29, 0.717) is 17.7 Å². The number of aliphatic hydroxyl groups excluding tert-OH is 1. The Morgan fingerprint density at radius 2 is 1.94 bits per heavy atom. The fourth-order valence-corrected chi connectivity index (χ4v) is 2.20. The molecule has 0 aliphatic carbocycles. The molecule has 90 valence electrons. The first-order valence-corrected chi connectivity index (χ1v) is 5.79. The van der Waals surface area contributed by atoms with E-state index in [-0.39, 0.29) is 12.5 Å². The average molecular weight is 231 g/mol. The first kappa shape index (κ1) is 11.9. The topological polar surface area (TPSA) is 40.5 Å². The molecule has 0 bridgehead atoms. The summed E-state index contributed by atoms with van der Waals surface area (Å²) in [5, 5.41) is 9.53. The quantitative estimate of drug-likeness (QED) is 0.867. The molecule has 1 aromatic carbocycles. The summed E-state index contributed by atoms with van der Waals surface area (Å²) in [4.78, 5) is 13.9. The lowest BCUT2D eigenvalue weighted by molar-refractivity contribution is 0.0543. The summed E-state index contributed by atoms with van der Waals surface area (Å²) >= 11 is 0. The van der Waals surface area contributed by atoms with Gasteiger partial charge in [-0.3, -0.25) is 4.79 Å². The van der Waals surface area contributed by atoms with Gasteiger partial charge >= 0.3 is 0 Å². The zero-order valence-corrected chi connectivity index (χ0v) is 10.2. The lowest BCUT2D eigenvalue weighted by atomic mass is 9.97. The lowest BCUT2D eigenvalue weighted by Gasteiger charge is -2.37. The fourth-order valence-electron chi connectivity index (χ4n) is 2.20. The van der Waals surface area contributed by atoms with E-state index in [9.17, 15) is 9.90 Å². The van der Waals surface area contributed by atoms with Crippen molar-refractivity contribution in [3.8, 4) is 0 Å². The van der Waals surface area contributed by atoms with Crippen molar-refractivity contribution in [3.63, 3.8) is 0 Å². The standard InChI is InChI=1S/C14H17NO2/c1-4-14(3,9-16)15-10(2)11-7-5-6-8-12(11)13(15)17/h5-8,16H,2,4,9H2,1,3H3. The SMILES string of the molecule is C=C1c2ccccc2C(=O)N1C(C)(CC)CO. The van der Waals surface area contributed by atoms with Crippen LogP contribution in [0.25, 0.3) is 5.70 Å². The van der Waals surface area contributed by atoms with E-state index in [0.717, 1.165) is 5.56 Å². The average Bonchev–Trinajstić information content (AvgIpc) is 2.62. The molecular formula is C14H17NO2. The Bertz CT molecular complexity index is 440. The van der Waals surface area contributed by atoms with Crippen molar-refractivity contribution < 1.29 is 9.90 Å². The molecule has 2 rings (SSSR count). The number of carbonyl (C=O) groups is 1. The lowest BCUT2D eigenvalue weighted by Crippen LogP contribution is -2.48. The van der Waals surface area contributed by atoms with E-state index in [2.05, 4.69) is 6.58 Å². The highest BCUT2D eigenvalue weighted by atomic mass is 16.3. The van der Waals surface area contributed by atoms with Gasteiger partial charge in [0.1, 0.15) is 0 Å². The van der Waals surface area contributed by atoms with Gasteiger partial charge in [-0.2, -0.15) is 0 Å². The van der Waals surface area contributed by atoms with Gasteiger partial charge in [0, 0.05) is 16.8 Å². The molecule has 3 nitrogen and oxygen atoms in total. The van der Waals surface area contributed by atoms with E-state index in [1.54, 1.807) is 11.0 Å². The molecule has 0 fully saturated rings. The zero-order chi connectivity index (χ0) is 12.6. The molecule has 1 aliphatic rings. The normalized spacial score (nSPS) is 18.2. The number of carbonyl (C=O) groups excluding carboxylic acids is 1. The van der Waals surface area contributed by atoms with Gasteiger partial charge < -0.3 is 10.0 Å². The highest BCUT2D eigenvalue weighted by molar-refractivity contribution is 6.09. The smallest absolute Gasteiger partial charge is 0.259 e. The van der Waals surface area contributed by atoms with Crippen LogP contribution >= 0.6 is 0 Å². The Morgan fingerprint density at radius 1 is 1.35 bits per heavy atom. The van der Waals surface area contributed by atoms with Crippen LogP contribution in [-0.2, 0) is 0 Å². The molecule has 0 saturated carbocycles. The molecular weight excluding hydrogens is 214 g/mol. The highest BCUT2D eigenvalue weighted by Crippen LogP contribution is 2.37. The first-order chi connectivity index (χ1) is 8.05. The molecule has 0 spiro atoms. The number of hydrogen-bond acceptors (Lipinski definition) is 2. The van der Waals surface area contributed by atoms with Crippen LogP contribution in [0.2, 0.25) is 0 Å². The molecule has 0 radical (unpaired) electrons. The molecule has 1 N–H and O–H groups in total. The van der Waals surface area contributed by atoms with Gasteiger partial charge in [0.15, 0.2) is 0 Å². The van der Waals surface area contributed by atoms with E-state index in [4.69, 9.17) is 0 Å². The van der Waals surface area contributed by atoms with Gasteiger partial charge in [0.25, 0.3) is 5.91 Å². The second-order valence-electron chi connectivity index (χ2n) is 4.64. The summed E-state index contributed by atoms with van der Waals surface area (Å²) in [6, 6.07) is 7.43. The fraction of sp³-hybridized carbons (Fsp3) is 0.357. The predicted octanol–water partition coefficient (Wildman–Crippen LogP) is 2.27. The van der Waals surface area contributed by atoms with Crippen molar-refractivity contribution in [2.75, 3.05) is 6.61 Å². The van der Waals surface area contributed by atoms with Gasteiger partial charge in [-0.05, 0) is 19.4 Å². The van der Waals surface area contributed by atoms with Gasteiger partial charge in [0.05, 0.1) is 12.1 Å². The van der Waals surface area contributed by atoms with Crippen LogP contribution in [0.1, 0.15) is 36.2 Å². The second-order valence-corrected chi connectivity index (χ2v) is 4.64. The molecule has 1 atom stereocenters. The number of hydrogen-bond donors (Lipinski definition) is 1. The number of aliphatic hydroxyl groups is 1. The third-order valence-electron chi connectivity index (χ3n) is 3.58. The van der Waals surface area contributed by atoms with Gasteiger partial charge in [-0.15, -0.1) is 0 Å².